The van der Waals surface area contributed by atoms with Crippen molar-refractivity contribution in [1.82, 2.24) is 9.55 Å². The van der Waals surface area contributed by atoms with Crippen LogP contribution in [-0.4, -0.2) is 31.0 Å². The fraction of sp³-hybridized carbons (Fsp3) is 0.118. The molecule has 3 aromatic rings. The topological polar surface area (TPSA) is 121 Å². The van der Waals surface area contributed by atoms with E-state index in [9.17, 15) is 18.0 Å². The Hall–Kier alpha value is -3.04. The molecule has 8 nitrogen and oxygen atoms in total. The van der Waals surface area contributed by atoms with Crippen LogP contribution in [0.3, 0.4) is 0 Å². The number of fused-ring (bicyclic) bond motifs is 1. The summed E-state index contributed by atoms with van der Waals surface area (Å²) in [5.74, 6) is -0.579. The Morgan fingerprint density at radius 3 is 2.42 bits per heavy atom. The van der Waals surface area contributed by atoms with Crippen molar-refractivity contribution in [1.29, 1.82) is 0 Å². The van der Waals surface area contributed by atoms with E-state index in [2.05, 4.69) is 4.98 Å². The Labute approximate surface area is 148 Å². The number of rotatable bonds is 3. The van der Waals surface area contributed by atoms with E-state index in [4.69, 9.17) is 9.88 Å². The first-order valence-corrected chi connectivity index (χ1v) is 9.01. The lowest BCUT2D eigenvalue weighted by Crippen LogP contribution is -2.19. The number of esters is 1. The molecule has 2 heterocycles. The standard InChI is InChI=1S/C17H15N3O5S/c1-10-13(17(22)25-2)9-14-15(19-10)7-8-20(16(14)21)11-3-5-12(6-4-11)26(18,23)24/h3-9H,1-2H3,(H2,18,23,24). The number of aromatic nitrogens is 2. The molecule has 0 amide bonds. The second kappa shape index (κ2) is 6.36. The number of ether oxygens (including phenoxy) is 1. The number of carbonyl (C=O) groups is 1. The Kier molecular flexibility index (Phi) is 4.34. The second-order valence-corrected chi connectivity index (χ2v) is 7.14. The zero-order chi connectivity index (χ0) is 19.1. The van der Waals surface area contributed by atoms with Gasteiger partial charge in [0.25, 0.3) is 5.56 Å². The van der Waals surface area contributed by atoms with Gasteiger partial charge in [0.1, 0.15) is 0 Å². The predicted octanol–water partition coefficient (Wildman–Crippen LogP) is 1.13. The van der Waals surface area contributed by atoms with Gasteiger partial charge in [-0.15, -0.1) is 0 Å². The van der Waals surface area contributed by atoms with E-state index in [0.29, 0.717) is 16.9 Å². The molecule has 1 aromatic carbocycles. The summed E-state index contributed by atoms with van der Waals surface area (Å²) >= 11 is 0. The van der Waals surface area contributed by atoms with Crippen LogP contribution in [0.1, 0.15) is 16.1 Å². The first-order chi connectivity index (χ1) is 12.2. The van der Waals surface area contributed by atoms with Crippen LogP contribution in [-0.2, 0) is 14.8 Å². The molecule has 0 aliphatic carbocycles. The highest BCUT2D eigenvalue weighted by molar-refractivity contribution is 7.89. The van der Waals surface area contributed by atoms with Gasteiger partial charge in [0, 0.05) is 11.9 Å². The molecule has 0 aliphatic heterocycles. The zero-order valence-electron chi connectivity index (χ0n) is 14.0. The van der Waals surface area contributed by atoms with Crippen molar-refractivity contribution in [2.45, 2.75) is 11.8 Å². The van der Waals surface area contributed by atoms with E-state index in [1.54, 1.807) is 13.0 Å². The van der Waals surface area contributed by atoms with Crippen LogP contribution in [0, 0.1) is 6.92 Å². The Morgan fingerprint density at radius 2 is 1.85 bits per heavy atom. The minimum absolute atomic E-state index is 0.0552. The van der Waals surface area contributed by atoms with Gasteiger partial charge in [0.15, 0.2) is 0 Å². The smallest absolute Gasteiger partial charge is 0.339 e. The van der Waals surface area contributed by atoms with Crippen molar-refractivity contribution in [2.24, 2.45) is 5.14 Å². The lowest BCUT2D eigenvalue weighted by Gasteiger charge is -2.10. The minimum Gasteiger partial charge on any atom is -0.465 e. The van der Waals surface area contributed by atoms with Gasteiger partial charge in [-0.05, 0) is 43.3 Å². The monoisotopic (exact) mass is 373 g/mol. The summed E-state index contributed by atoms with van der Waals surface area (Å²) in [6.45, 7) is 1.66. The number of aryl methyl sites for hydroxylation is 1. The summed E-state index contributed by atoms with van der Waals surface area (Å²) in [7, 11) is -2.57. The summed E-state index contributed by atoms with van der Waals surface area (Å²) in [6.07, 6.45) is 1.53. The van der Waals surface area contributed by atoms with Gasteiger partial charge < -0.3 is 4.74 Å². The maximum Gasteiger partial charge on any atom is 0.339 e. The fourth-order valence-electron chi connectivity index (χ4n) is 2.58. The first kappa shape index (κ1) is 17.8. The van der Waals surface area contributed by atoms with E-state index >= 15 is 0 Å². The Bertz CT molecular complexity index is 1180. The summed E-state index contributed by atoms with van der Waals surface area (Å²) in [5, 5.41) is 5.32. The van der Waals surface area contributed by atoms with Gasteiger partial charge in [-0.2, -0.15) is 0 Å². The van der Waals surface area contributed by atoms with Gasteiger partial charge in [0.2, 0.25) is 10.0 Å². The zero-order valence-corrected chi connectivity index (χ0v) is 14.8. The molecule has 3 rings (SSSR count). The molecule has 0 spiro atoms. The number of primary sulfonamides is 1. The van der Waals surface area contributed by atoms with E-state index in [-0.39, 0.29) is 15.8 Å². The summed E-state index contributed by atoms with van der Waals surface area (Å²) in [5.41, 5.74) is 1.16. The van der Waals surface area contributed by atoms with Crippen molar-refractivity contribution in [3.63, 3.8) is 0 Å². The number of hydrogen-bond acceptors (Lipinski definition) is 6. The first-order valence-electron chi connectivity index (χ1n) is 7.47. The number of methoxy groups -OCH3 is 1. The molecule has 26 heavy (non-hydrogen) atoms. The number of nitrogens with two attached hydrogens (primary N) is 1. The molecule has 0 atom stereocenters. The van der Waals surface area contributed by atoms with E-state index in [0.717, 1.165) is 0 Å². The molecule has 134 valence electrons. The number of nitrogens with zero attached hydrogens (tertiary/aromatic N) is 2. The maximum absolute atomic E-state index is 12.8. The van der Waals surface area contributed by atoms with Crippen LogP contribution in [0.25, 0.3) is 16.6 Å². The molecule has 0 saturated heterocycles. The number of hydrogen-bond donors (Lipinski definition) is 1. The van der Waals surface area contributed by atoms with E-state index in [1.807, 2.05) is 0 Å². The number of benzene rings is 1. The van der Waals surface area contributed by atoms with Crippen molar-refractivity contribution >= 4 is 26.9 Å². The third-order valence-corrected chi connectivity index (χ3v) is 4.85. The highest BCUT2D eigenvalue weighted by Crippen LogP contribution is 2.17. The van der Waals surface area contributed by atoms with E-state index in [1.165, 1.54) is 48.2 Å². The van der Waals surface area contributed by atoms with Gasteiger partial charge in [0.05, 0.1) is 34.2 Å². The van der Waals surface area contributed by atoms with Crippen molar-refractivity contribution in [2.75, 3.05) is 7.11 Å². The Morgan fingerprint density at radius 1 is 1.19 bits per heavy atom. The third kappa shape index (κ3) is 3.09. The minimum atomic E-state index is -3.82. The average Bonchev–Trinajstić information content (AvgIpc) is 2.60. The second-order valence-electron chi connectivity index (χ2n) is 5.58. The molecular formula is C17H15N3O5S. The maximum atomic E-state index is 12.8. The highest BCUT2D eigenvalue weighted by atomic mass is 32.2. The van der Waals surface area contributed by atoms with Crippen LogP contribution in [0.15, 0.2) is 52.3 Å². The normalized spacial score (nSPS) is 11.5. The van der Waals surface area contributed by atoms with Crippen LogP contribution in [0.2, 0.25) is 0 Å². The van der Waals surface area contributed by atoms with Gasteiger partial charge in [-0.3, -0.25) is 14.3 Å². The van der Waals surface area contributed by atoms with Crippen LogP contribution in [0.5, 0.6) is 0 Å². The lowest BCUT2D eigenvalue weighted by molar-refractivity contribution is 0.0599. The molecule has 9 heteroatoms. The largest absolute Gasteiger partial charge is 0.465 e. The molecule has 0 fully saturated rings. The Balaban J connectivity index is 2.19. The number of carbonyl (C=O) groups excluding carboxylic acids is 1. The molecule has 0 bridgehead atoms. The quantitative estimate of drug-likeness (QED) is 0.687. The lowest BCUT2D eigenvalue weighted by atomic mass is 10.1. The van der Waals surface area contributed by atoms with Crippen molar-refractivity contribution in [3.05, 3.63) is 64.2 Å². The summed E-state index contributed by atoms with van der Waals surface area (Å²) in [4.78, 5) is 28.9. The van der Waals surface area contributed by atoms with Crippen molar-refractivity contribution < 1.29 is 17.9 Å². The highest BCUT2D eigenvalue weighted by Gasteiger charge is 2.15. The average molecular weight is 373 g/mol. The van der Waals surface area contributed by atoms with Gasteiger partial charge >= 0.3 is 5.97 Å². The third-order valence-electron chi connectivity index (χ3n) is 3.92. The van der Waals surface area contributed by atoms with Crippen molar-refractivity contribution in [3.8, 4) is 5.69 Å². The van der Waals surface area contributed by atoms with Gasteiger partial charge in [-0.25, -0.2) is 18.4 Å². The fourth-order valence-corrected chi connectivity index (χ4v) is 3.10. The number of pyridine rings is 2. The molecule has 0 aliphatic rings. The molecule has 0 saturated carbocycles. The molecule has 0 radical (unpaired) electrons. The molecule has 0 unspecified atom stereocenters. The van der Waals surface area contributed by atoms with E-state index < -0.39 is 21.6 Å². The van der Waals surface area contributed by atoms with Crippen LogP contribution < -0.4 is 10.7 Å². The molecule has 2 N–H and O–H groups in total. The molecular weight excluding hydrogens is 358 g/mol. The van der Waals surface area contributed by atoms with Crippen LogP contribution in [0.4, 0.5) is 0 Å². The summed E-state index contributed by atoms with van der Waals surface area (Å²) < 4.78 is 28.7. The predicted molar refractivity (Wildman–Crippen MR) is 94.8 cm³/mol. The molecule has 2 aromatic heterocycles. The summed E-state index contributed by atoms with van der Waals surface area (Å²) in [6, 6.07) is 8.65. The van der Waals surface area contributed by atoms with Gasteiger partial charge in [-0.1, -0.05) is 0 Å². The van der Waals surface area contributed by atoms with Crippen LogP contribution >= 0.6 is 0 Å². The number of sulfonamides is 1. The SMILES string of the molecule is COC(=O)c1cc2c(=O)n(-c3ccc(S(N)(=O)=O)cc3)ccc2nc1C.